The van der Waals surface area contributed by atoms with Gasteiger partial charge in [-0.25, -0.2) is 0 Å². The molecular weight excluding hydrogens is 211 g/mol. The Morgan fingerprint density at radius 2 is 1.38 bits per heavy atom. The zero-order valence-electron chi connectivity index (χ0n) is 9.64. The van der Waals surface area contributed by atoms with Gasteiger partial charge in [0.1, 0.15) is 15.5 Å². The minimum Gasteiger partial charge on any atom is -0.333 e. The molecule has 0 spiro atoms. The molecule has 0 fully saturated rings. The van der Waals surface area contributed by atoms with Gasteiger partial charge in [0.25, 0.3) is 0 Å². The SMILES string of the molecule is C#CCP(=O)([Si](C)(C)C)[Si](C)(C)C. The Hall–Kier alpha value is 0.224. The molecule has 4 heteroatoms. The van der Waals surface area contributed by atoms with E-state index in [9.17, 15) is 4.57 Å². The molecule has 76 valence electrons. The van der Waals surface area contributed by atoms with Crippen LogP contribution in [0, 0.1) is 12.3 Å². The Balaban J connectivity index is 5.26. The molecule has 0 rings (SSSR count). The molecule has 0 aromatic carbocycles. The molecule has 0 N–H and O–H groups in total. The van der Waals surface area contributed by atoms with E-state index in [2.05, 4.69) is 45.2 Å². The van der Waals surface area contributed by atoms with Crippen molar-refractivity contribution < 1.29 is 4.57 Å². The minimum absolute atomic E-state index is 0.526. The van der Waals surface area contributed by atoms with Crippen LogP contribution in [0.15, 0.2) is 0 Å². The molecule has 0 radical (unpaired) electrons. The third kappa shape index (κ3) is 2.59. The summed E-state index contributed by atoms with van der Waals surface area (Å²) in [4.78, 5) is 0. The van der Waals surface area contributed by atoms with Gasteiger partial charge in [-0.3, -0.25) is 0 Å². The van der Waals surface area contributed by atoms with Crippen LogP contribution < -0.4 is 0 Å². The van der Waals surface area contributed by atoms with Crippen LogP contribution >= 0.6 is 6.24 Å². The van der Waals surface area contributed by atoms with Crippen LogP contribution in [0.25, 0.3) is 0 Å². The lowest BCUT2D eigenvalue weighted by atomic mass is 10.8. The molecule has 0 atom stereocenters. The monoisotopic (exact) mass is 232 g/mol. The van der Waals surface area contributed by atoms with Gasteiger partial charge in [-0.2, -0.15) is 0 Å². The van der Waals surface area contributed by atoms with Crippen LogP contribution in [0.3, 0.4) is 0 Å². The second kappa shape index (κ2) is 3.76. The standard InChI is InChI=1S/C9H21OPSi2/c1-8-9-11(10,12(2,3)4)13(5,6)7/h1H,9H2,2-7H3. The van der Waals surface area contributed by atoms with E-state index < -0.39 is 21.7 Å². The lowest BCUT2D eigenvalue weighted by molar-refractivity contribution is 0.591. The van der Waals surface area contributed by atoms with Gasteiger partial charge in [-0.05, 0) is 0 Å². The highest BCUT2D eigenvalue weighted by Gasteiger charge is 2.47. The third-order valence-corrected chi connectivity index (χ3v) is 33.5. The highest BCUT2D eigenvalue weighted by atomic mass is 31.6. The molecule has 0 saturated carbocycles. The van der Waals surface area contributed by atoms with Crippen LogP contribution in [0.2, 0.25) is 39.3 Å². The number of terminal acetylenes is 1. The maximum absolute atomic E-state index is 12.8. The molecule has 0 aliphatic heterocycles. The summed E-state index contributed by atoms with van der Waals surface area (Å²) in [7, 11) is -3.18. The first-order valence-electron chi connectivity index (χ1n) is 4.59. The van der Waals surface area contributed by atoms with Crippen LogP contribution in [-0.4, -0.2) is 21.6 Å². The van der Waals surface area contributed by atoms with Gasteiger partial charge < -0.3 is 4.57 Å². The Kier molecular flexibility index (Phi) is 3.83. The minimum atomic E-state index is -2.05. The van der Waals surface area contributed by atoms with E-state index >= 15 is 0 Å². The van der Waals surface area contributed by atoms with Gasteiger partial charge >= 0.3 is 0 Å². The average Bonchev–Trinajstić information content (AvgIpc) is 1.82. The molecule has 0 aliphatic carbocycles. The quantitative estimate of drug-likeness (QED) is 0.412. The van der Waals surface area contributed by atoms with E-state index in [0.29, 0.717) is 6.16 Å². The molecule has 0 aliphatic rings. The number of rotatable bonds is 3. The topological polar surface area (TPSA) is 17.1 Å². The molecule has 0 aromatic heterocycles. The van der Waals surface area contributed by atoms with Gasteiger partial charge in [0.05, 0.1) is 12.4 Å². The summed E-state index contributed by atoms with van der Waals surface area (Å²) in [5.41, 5.74) is 0. The summed E-state index contributed by atoms with van der Waals surface area (Å²) >= 11 is 0. The van der Waals surface area contributed by atoms with Gasteiger partial charge in [0.15, 0.2) is 0 Å². The van der Waals surface area contributed by atoms with Crippen LogP contribution in [0.5, 0.6) is 0 Å². The summed E-state index contributed by atoms with van der Waals surface area (Å²) in [6.45, 7) is 13.1. The summed E-state index contributed by atoms with van der Waals surface area (Å²) < 4.78 is 12.8. The Bertz CT molecular complexity index is 247. The molecule has 0 aromatic rings. The van der Waals surface area contributed by atoms with Crippen molar-refractivity contribution >= 4 is 21.7 Å². The molecule has 0 saturated heterocycles. The number of hydrogen-bond acceptors (Lipinski definition) is 1. The highest BCUT2D eigenvalue weighted by molar-refractivity contribution is 8.22. The summed E-state index contributed by atoms with van der Waals surface area (Å²) in [6, 6.07) is 0. The first-order valence-corrected chi connectivity index (χ1v) is 15.2. The normalized spacial score (nSPS) is 13.9. The molecule has 0 amide bonds. The summed E-state index contributed by atoms with van der Waals surface area (Å²) in [5, 5.41) is 0. The maximum Gasteiger partial charge on any atom is 0.114 e. The first kappa shape index (κ1) is 13.2. The van der Waals surface area contributed by atoms with Crippen molar-refractivity contribution in [1.82, 2.24) is 0 Å². The van der Waals surface area contributed by atoms with Crippen molar-refractivity contribution in [2.75, 3.05) is 6.16 Å². The van der Waals surface area contributed by atoms with Gasteiger partial charge in [0.2, 0.25) is 0 Å². The maximum atomic E-state index is 12.8. The van der Waals surface area contributed by atoms with E-state index in [1.807, 2.05) is 0 Å². The highest BCUT2D eigenvalue weighted by Crippen LogP contribution is 2.62. The van der Waals surface area contributed by atoms with Crippen molar-refractivity contribution in [3.05, 3.63) is 0 Å². The lowest BCUT2D eigenvalue weighted by Crippen LogP contribution is -2.37. The molecule has 0 heterocycles. The summed E-state index contributed by atoms with van der Waals surface area (Å²) in [6.07, 6.45) is 3.81. The molecule has 1 nitrogen and oxygen atoms in total. The van der Waals surface area contributed by atoms with Crippen LogP contribution in [-0.2, 0) is 4.57 Å². The largest absolute Gasteiger partial charge is 0.333 e. The second-order valence-electron chi connectivity index (χ2n) is 5.44. The van der Waals surface area contributed by atoms with E-state index in [0.717, 1.165) is 0 Å². The predicted octanol–water partition coefficient (Wildman–Crippen LogP) is 3.65. The molecule has 13 heavy (non-hydrogen) atoms. The van der Waals surface area contributed by atoms with E-state index in [-0.39, 0.29) is 0 Å². The molecular formula is C9H21OPSi2. The van der Waals surface area contributed by atoms with Crippen molar-refractivity contribution in [3.8, 4) is 12.3 Å². The Morgan fingerprint density at radius 1 is 1.08 bits per heavy atom. The lowest BCUT2D eigenvalue weighted by Gasteiger charge is -2.37. The zero-order chi connectivity index (χ0) is 10.9. The van der Waals surface area contributed by atoms with Crippen molar-refractivity contribution in [2.45, 2.75) is 39.3 Å². The van der Waals surface area contributed by atoms with E-state index in [4.69, 9.17) is 6.42 Å². The first-order chi connectivity index (χ1) is 5.56. The van der Waals surface area contributed by atoms with Crippen molar-refractivity contribution in [3.63, 3.8) is 0 Å². The fourth-order valence-corrected chi connectivity index (χ4v) is 32.4. The fourth-order valence-electron chi connectivity index (χ4n) is 1.61. The Morgan fingerprint density at radius 3 is 1.46 bits per heavy atom. The zero-order valence-corrected chi connectivity index (χ0v) is 12.5. The molecule has 0 bridgehead atoms. The summed E-state index contributed by atoms with van der Waals surface area (Å²) in [5.74, 6) is 2.63. The van der Waals surface area contributed by atoms with Crippen LogP contribution in [0.1, 0.15) is 0 Å². The van der Waals surface area contributed by atoms with Crippen LogP contribution in [0.4, 0.5) is 0 Å². The van der Waals surface area contributed by atoms with E-state index in [1.54, 1.807) is 0 Å². The predicted molar refractivity (Wildman–Crippen MR) is 68.0 cm³/mol. The van der Waals surface area contributed by atoms with Gasteiger partial charge in [-0.1, -0.05) is 45.2 Å². The van der Waals surface area contributed by atoms with Crippen molar-refractivity contribution in [1.29, 1.82) is 0 Å². The van der Waals surface area contributed by atoms with E-state index in [1.165, 1.54) is 0 Å². The van der Waals surface area contributed by atoms with Gasteiger partial charge in [0, 0.05) is 0 Å². The average molecular weight is 232 g/mol. The third-order valence-electron chi connectivity index (χ3n) is 2.48. The van der Waals surface area contributed by atoms with Crippen molar-refractivity contribution in [2.24, 2.45) is 0 Å². The fraction of sp³-hybridized carbons (Fsp3) is 0.778. The second-order valence-corrected chi connectivity index (χ2v) is 29.6. The number of hydrogen-bond donors (Lipinski definition) is 0. The Labute approximate surface area is 84.4 Å². The van der Waals surface area contributed by atoms with Gasteiger partial charge in [-0.15, -0.1) is 6.42 Å². The molecule has 0 unspecified atom stereocenters. The smallest absolute Gasteiger partial charge is 0.114 e.